The van der Waals surface area contributed by atoms with Gasteiger partial charge in [-0.05, 0) is 191 Å². The van der Waals surface area contributed by atoms with E-state index in [4.69, 9.17) is 9.97 Å². The van der Waals surface area contributed by atoms with Crippen LogP contribution in [-0.4, -0.2) is 28.2 Å². The molecule has 0 fully saturated rings. The Bertz CT molecular complexity index is 6800. The number of fused-ring (bicyclic) bond motifs is 12. The second-order valence-electron chi connectivity index (χ2n) is 26.3. The fraction of sp³-hybridized carbons (Fsp3) is 0. The molecule has 0 bridgehead atoms. The van der Waals surface area contributed by atoms with Gasteiger partial charge in [-0.2, -0.15) is 10.5 Å². The third-order valence-corrected chi connectivity index (χ3v) is 20.3. The van der Waals surface area contributed by atoms with Gasteiger partial charge in [-0.25, -0.2) is 9.97 Å². The number of rotatable bonds is 10. The molecule has 104 heavy (non-hydrogen) atoms. The van der Waals surface area contributed by atoms with Crippen molar-refractivity contribution >= 4 is 87.2 Å². The summed E-state index contributed by atoms with van der Waals surface area (Å²) in [6.07, 6.45) is 0. The van der Waals surface area contributed by atoms with Crippen molar-refractivity contribution in [2.24, 2.45) is 0 Å². The standard InChI is InChI=1S/2C48H30N4/c49-31-32-19-23-38(24-20-32)51-44-17-9-7-15-39(44)41-27-35(21-25-46(41)51)36-22-26-47-42(28-36)40-16-8-10-18-45(40)52(47)48-30-37(33-11-3-1-4-12-33)29-43(50-48)34-13-5-2-6-14-34;49-31-32-11-8-12-35(27-32)43-19-10-20-44(50-43)36-13-9-16-38(28-36)52-46-22-7-5-18-40(46)42-30-34(24-26-48(42)52)33-23-25-47-41(29-33)39-17-4-6-21-45(39)51(47)37-14-2-1-3-15-37/h2*1-30H. The van der Waals surface area contributed by atoms with E-state index in [2.05, 4.69) is 322 Å². The molecule has 0 radical (unpaired) electrons. The highest BCUT2D eigenvalue weighted by atomic mass is 15.1. The summed E-state index contributed by atoms with van der Waals surface area (Å²) in [6.45, 7) is 0. The molecule has 20 aromatic rings. The summed E-state index contributed by atoms with van der Waals surface area (Å²) >= 11 is 0. The largest absolute Gasteiger partial charge is 0.309 e. The van der Waals surface area contributed by atoms with Gasteiger partial charge in [0, 0.05) is 76.8 Å². The number of nitriles is 2. The van der Waals surface area contributed by atoms with Gasteiger partial charge < -0.3 is 13.7 Å². The second-order valence-corrected chi connectivity index (χ2v) is 26.3. The van der Waals surface area contributed by atoms with Crippen LogP contribution in [0.2, 0.25) is 0 Å². The average Bonchev–Trinajstić information content (AvgIpc) is 1.60. The van der Waals surface area contributed by atoms with Crippen LogP contribution in [0.15, 0.2) is 364 Å². The molecule has 8 nitrogen and oxygen atoms in total. The van der Waals surface area contributed by atoms with Crippen molar-refractivity contribution < 1.29 is 0 Å². The number of aromatic nitrogens is 6. The van der Waals surface area contributed by atoms with E-state index >= 15 is 0 Å². The summed E-state index contributed by atoms with van der Waals surface area (Å²) in [6, 6.07) is 132. The number of para-hydroxylation sites is 5. The minimum atomic E-state index is 0.623. The zero-order chi connectivity index (χ0) is 69.2. The first-order chi connectivity index (χ1) is 51.5. The average molecular weight is 1330 g/mol. The lowest BCUT2D eigenvalue weighted by molar-refractivity contribution is 1.08. The van der Waals surface area contributed by atoms with Gasteiger partial charge in [0.1, 0.15) is 5.82 Å². The Balaban J connectivity index is 0.000000143. The normalized spacial score (nSPS) is 11.4. The topological polar surface area (TPSA) is 93.1 Å². The van der Waals surface area contributed by atoms with Crippen molar-refractivity contribution in [1.29, 1.82) is 10.5 Å². The minimum Gasteiger partial charge on any atom is -0.309 e. The molecule has 0 atom stereocenters. The number of nitrogens with zero attached hydrogens (tertiary/aromatic N) is 8. The van der Waals surface area contributed by atoms with E-state index in [0.29, 0.717) is 11.1 Å². The smallest absolute Gasteiger partial charge is 0.138 e. The Kier molecular flexibility index (Phi) is 14.8. The lowest BCUT2D eigenvalue weighted by Gasteiger charge is -2.13. The highest BCUT2D eigenvalue weighted by Gasteiger charge is 2.21. The van der Waals surface area contributed by atoms with Crippen molar-refractivity contribution in [3.05, 3.63) is 375 Å². The molecule has 0 aliphatic rings. The molecule has 484 valence electrons. The molecule has 0 amide bonds. The molecule has 8 heteroatoms. The van der Waals surface area contributed by atoms with Gasteiger partial charge in [0.15, 0.2) is 0 Å². The Morgan fingerprint density at radius 1 is 0.192 bits per heavy atom. The highest BCUT2D eigenvalue weighted by Crippen LogP contribution is 2.42. The van der Waals surface area contributed by atoms with Crippen molar-refractivity contribution in [3.8, 4) is 102 Å². The lowest BCUT2D eigenvalue weighted by Crippen LogP contribution is -2.00. The Morgan fingerprint density at radius 3 is 1.05 bits per heavy atom. The van der Waals surface area contributed by atoms with E-state index in [1.54, 1.807) is 0 Å². The summed E-state index contributed by atoms with van der Waals surface area (Å²) < 4.78 is 9.31. The summed E-state index contributed by atoms with van der Waals surface area (Å²) in [5, 5.41) is 28.5. The number of hydrogen-bond donors (Lipinski definition) is 0. The van der Waals surface area contributed by atoms with E-state index in [0.717, 1.165) is 112 Å². The first kappa shape index (κ1) is 60.7. The molecule has 0 N–H and O–H groups in total. The Labute approximate surface area is 599 Å². The zero-order valence-corrected chi connectivity index (χ0v) is 56.2. The van der Waals surface area contributed by atoms with Crippen LogP contribution < -0.4 is 0 Å². The Hall–Kier alpha value is -14.4. The van der Waals surface area contributed by atoms with E-state index in [1.165, 1.54) is 65.3 Å². The van der Waals surface area contributed by atoms with Gasteiger partial charge in [-0.1, -0.05) is 206 Å². The van der Waals surface area contributed by atoms with E-state index in [1.807, 2.05) is 72.8 Å². The third kappa shape index (κ3) is 10.5. The van der Waals surface area contributed by atoms with Crippen LogP contribution in [-0.2, 0) is 0 Å². The maximum absolute atomic E-state index is 9.42. The van der Waals surface area contributed by atoms with E-state index in [9.17, 15) is 10.5 Å². The molecule has 0 saturated carbocycles. The SMILES string of the molecule is N#Cc1ccc(-n2c3ccccc3c3cc(-c4ccc5c(c4)c4ccccc4n5-c4cc(-c5ccccc5)cc(-c5ccccc5)n4)ccc32)cc1.N#Cc1cccc(-c2cccc(-c3cccc(-n4c5ccccc5c5cc(-c6ccc7c(c6)c6ccccc6n7-c6ccccc6)ccc54)c3)n2)c1. The zero-order valence-electron chi connectivity index (χ0n) is 56.2. The molecule has 14 aromatic carbocycles. The maximum atomic E-state index is 9.42. The quantitative estimate of drug-likeness (QED) is 0.136. The van der Waals surface area contributed by atoms with Gasteiger partial charge in [-0.15, -0.1) is 0 Å². The molecule has 0 saturated heterocycles. The van der Waals surface area contributed by atoms with Crippen molar-refractivity contribution in [2.45, 2.75) is 0 Å². The third-order valence-electron chi connectivity index (χ3n) is 20.3. The minimum absolute atomic E-state index is 0.623. The van der Waals surface area contributed by atoms with Crippen LogP contribution >= 0.6 is 0 Å². The number of benzene rings is 14. The fourth-order valence-electron chi connectivity index (χ4n) is 15.4. The van der Waals surface area contributed by atoms with Crippen LogP contribution in [0, 0.1) is 22.7 Å². The molecule has 6 aromatic heterocycles. The summed E-state index contributed by atoms with van der Waals surface area (Å²) in [5.41, 5.74) is 26.4. The highest BCUT2D eigenvalue weighted by molar-refractivity contribution is 6.15. The molecule has 0 aliphatic heterocycles. The van der Waals surface area contributed by atoms with Gasteiger partial charge >= 0.3 is 0 Å². The molecule has 20 rings (SSSR count). The van der Waals surface area contributed by atoms with Crippen LogP contribution in [0.25, 0.3) is 177 Å². The molecule has 0 spiro atoms. The monoisotopic (exact) mass is 1320 g/mol. The maximum Gasteiger partial charge on any atom is 0.138 e. The van der Waals surface area contributed by atoms with Crippen molar-refractivity contribution in [1.82, 2.24) is 28.2 Å². The van der Waals surface area contributed by atoms with Gasteiger partial charge in [0.2, 0.25) is 0 Å². The van der Waals surface area contributed by atoms with E-state index in [-0.39, 0.29) is 0 Å². The van der Waals surface area contributed by atoms with Crippen LogP contribution in [0.5, 0.6) is 0 Å². The van der Waals surface area contributed by atoms with Gasteiger partial charge in [0.25, 0.3) is 0 Å². The number of hydrogen-bond acceptors (Lipinski definition) is 4. The second kappa shape index (κ2) is 25.4. The van der Waals surface area contributed by atoms with Crippen LogP contribution in [0.1, 0.15) is 11.1 Å². The molecule has 0 aliphatic carbocycles. The molecule has 0 unspecified atom stereocenters. The van der Waals surface area contributed by atoms with Crippen LogP contribution in [0.4, 0.5) is 0 Å². The first-order valence-corrected chi connectivity index (χ1v) is 34.9. The van der Waals surface area contributed by atoms with Gasteiger partial charge in [0.05, 0.1) is 84.5 Å². The summed E-state index contributed by atoms with van der Waals surface area (Å²) in [4.78, 5) is 10.3. The predicted octanol–water partition coefficient (Wildman–Crippen LogP) is 24.3. The summed E-state index contributed by atoms with van der Waals surface area (Å²) in [5.74, 6) is 0.885. The number of pyridine rings is 2. The molecular weight excluding hydrogens is 1270 g/mol. The van der Waals surface area contributed by atoms with Crippen LogP contribution in [0.3, 0.4) is 0 Å². The van der Waals surface area contributed by atoms with Crippen molar-refractivity contribution in [2.75, 3.05) is 0 Å². The fourth-order valence-corrected chi connectivity index (χ4v) is 15.4. The Morgan fingerprint density at radius 2 is 0.558 bits per heavy atom. The predicted molar refractivity (Wildman–Crippen MR) is 428 cm³/mol. The summed E-state index contributed by atoms with van der Waals surface area (Å²) in [7, 11) is 0. The van der Waals surface area contributed by atoms with Gasteiger partial charge in [-0.3, -0.25) is 4.57 Å². The van der Waals surface area contributed by atoms with Crippen molar-refractivity contribution in [3.63, 3.8) is 0 Å². The molecular formula is C96H60N8. The lowest BCUT2D eigenvalue weighted by atomic mass is 10.0. The van der Waals surface area contributed by atoms with E-state index < -0.39 is 0 Å². The first-order valence-electron chi connectivity index (χ1n) is 34.9. The molecule has 6 heterocycles.